The lowest BCUT2D eigenvalue weighted by Gasteiger charge is -2.33. The molecule has 0 fully saturated rings. The topological polar surface area (TPSA) is 30.5 Å². The first-order chi connectivity index (χ1) is 10.6. The minimum atomic E-state index is 0.0509. The monoisotopic (exact) mass is 341 g/mol. The highest BCUT2D eigenvalue weighted by Gasteiger charge is 2.25. The zero-order valence-corrected chi connectivity index (χ0v) is 16.4. The largest absolute Gasteiger partial charge is 0.493 e. The summed E-state index contributed by atoms with van der Waals surface area (Å²) in [6.07, 6.45) is 2.02. The minimum Gasteiger partial charge on any atom is -0.493 e. The van der Waals surface area contributed by atoms with E-state index in [9.17, 15) is 0 Å². The van der Waals surface area contributed by atoms with Crippen LogP contribution in [0.15, 0.2) is 12.1 Å². The molecule has 0 atom stereocenters. The van der Waals surface area contributed by atoms with Crippen LogP contribution in [0.2, 0.25) is 5.02 Å². The predicted molar refractivity (Wildman–Crippen MR) is 98.8 cm³/mol. The molecule has 0 saturated carbocycles. The summed E-state index contributed by atoms with van der Waals surface area (Å²) in [6.45, 7) is 14.7. The van der Waals surface area contributed by atoms with Crippen molar-refractivity contribution in [2.45, 2.75) is 66.5 Å². The fourth-order valence-electron chi connectivity index (χ4n) is 2.95. The average molecular weight is 342 g/mol. The van der Waals surface area contributed by atoms with Gasteiger partial charge in [-0.3, -0.25) is 0 Å². The quantitative estimate of drug-likeness (QED) is 0.682. The lowest BCUT2D eigenvalue weighted by Crippen LogP contribution is -2.41. The van der Waals surface area contributed by atoms with Crippen LogP contribution in [0.3, 0.4) is 0 Å². The van der Waals surface area contributed by atoms with Crippen molar-refractivity contribution in [3.63, 3.8) is 0 Å². The Hall–Kier alpha value is -0.930. The Morgan fingerprint density at radius 1 is 1.13 bits per heavy atom. The molecular weight excluding hydrogens is 310 g/mol. The van der Waals surface area contributed by atoms with Crippen LogP contribution in [-0.4, -0.2) is 19.3 Å². The third-order valence-electron chi connectivity index (χ3n) is 3.48. The first kappa shape index (κ1) is 20.1. The van der Waals surface area contributed by atoms with Gasteiger partial charge in [0.15, 0.2) is 11.5 Å². The Balaban J connectivity index is 2.84. The molecule has 4 heteroatoms. The van der Waals surface area contributed by atoms with Crippen LogP contribution in [-0.2, 0) is 6.54 Å². The number of methoxy groups -OCH3 is 1. The Bertz CT molecular complexity index is 507. The van der Waals surface area contributed by atoms with Gasteiger partial charge in [-0.1, -0.05) is 39.3 Å². The third-order valence-corrected chi connectivity index (χ3v) is 3.76. The van der Waals surface area contributed by atoms with Crippen molar-refractivity contribution < 1.29 is 9.47 Å². The molecule has 1 N–H and O–H groups in total. The highest BCUT2D eigenvalue weighted by molar-refractivity contribution is 6.32. The molecule has 3 nitrogen and oxygen atoms in total. The van der Waals surface area contributed by atoms with Gasteiger partial charge in [-0.2, -0.15) is 0 Å². The van der Waals surface area contributed by atoms with Crippen LogP contribution in [0, 0.1) is 5.41 Å². The van der Waals surface area contributed by atoms with Crippen molar-refractivity contribution in [2.24, 2.45) is 5.41 Å². The van der Waals surface area contributed by atoms with E-state index >= 15 is 0 Å². The van der Waals surface area contributed by atoms with Gasteiger partial charge in [0.25, 0.3) is 0 Å². The van der Waals surface area contributed by atoms with Crippen molar-refractivity contribution >= 4 is 11.6 Å². The van der Waals surface area contributed by atoms with Crippen molar-refractivity contribution in [3.8, 4) is 11.5 Å². The van der Waals surface area contributed by atoms with Crippen LogP contribution in [0.4, 0.5) is 0 Å². The molecule has 1 aromatic rings. The van der Waals surface area contributed by atoms with E-state index in [1.54, 1.807) is 7.11 Å². The molecule has 0 spiro atoms. The molecular formula is C19H32ClNO2. The van der Waals surface area contributed by atoms with Gasteiger partial charge in [-0.05, 0) is 49.8 Å². The number of halogens is 1. The molecule has 0 aliphatic carbocycles. The van der Waals surface area contributed by atoms with Gasteiger partial charge in [-0.15, -0.1) is 0 Å². The molecule has 0 aliphatic heterocycles. The van der Waals surface area contributed by atoms with Gasteiger partial charge in [-0.25, -0.2) is 0 Å². The summed E-state index contributed by atoms with van der Waals surface area (Å²) in [5, 5.41) is 4.22. The van der Waals surface area contributed by atoms with Crippen LogP contribution < -0.4 is 14.8 Å². The number of ether oxygens (including phenoxy) is 2. The second-order valence-corrected chi connectivity index (χ2v) is 8.34. The molecule has 0 amide bonds. The number of hydrogen-bond donors (Lipinski definition) is 1. The van der Waals surface area contributed by atoms with Gasteiger partial charge in [0.05, 0.1) is 18.7 Å². The Morgan fingerprint density at radius 2 is 1.78 bits per heavy atom. The smallest absolute Gasteiger partial charge is 0.179 e. The minimum absolute atomic E-state index is 0.0509. The normalized spacial score (nSPS) is 12.3. The highest BCUT2D eigenvalue weighted by atomic mass is 35.5. The lowest BCUT2D eigenvalue weighted by atomic mass is 9.82. The molecule has 0 aliphatic rings. The van der Waals surface area contributed by atoms with E-state index in [0.717, 1.165) is 24.9 Å². The molecule has 0 aromatic heterocycles. The summed E-state index contributed by atoms with van der Waals surface area (Å²) in [5.41, 5.74) is 1.43. The highest BCUT2D eigenvalue weighted by Crippen LogP contribution is 2.37. The second-order valence-electron chi connectivity index (χ2n) is 7.93. The van der Waals surface area contributed by atoms with E-state index in [-0.39, 0.29) is 11.0 Å². The van der Waals surface area contributed by atoms with E-state index in [1.807, 2.05) is 12.1 Å². The van der Waals surface area contributed by atoms with Crippen LogP contribution >= 0.6 is 11.6 Å². The molecule has 1 rings (SSSR count). The van der Waals surface area contributed by atoms with Gasteiger partial charge in [0, 0.05) is 12.1 Å². The number of rotatable bonds is 8. The molecule has 0 radical (unpaired) electrons. The zero-order chi connectivity index (χ0) is 17.7. The van der Waals surface area contributed by atoms with Crippen molar-refractivity contribution in [1.82, 2.24) is 5.32 Å². The Kier molecular flexibility index (Phi) is 7.22. The molecule has 0 bridgehead atoms. The Morgan fingerprint density at radius 3 is 2.30 bits per heavy atom. The summed E-state index contributed by atoms with van der Waals surface area (Å²) < 4.78 is 11.1. The van der Waals surface area contributed by atoms with E-state index in [2.05, 4.69) is 46.9 Å². The van der Waals surface area contributed by atoms with Crippen molar-refractivity contribution in [3.05, 3.63) is 22.7 Å². The summed E-state index contributed by atoms with van der Waals surface area (Å²) in [7, 11) is 1.64. The zero-order valence-electron chi connectivity index (χ0n) is 15.7. The fourth-order valence-corrected chi connectivity index (χ4v) is 3.24. The lowest BCUT2D eigenvalue weighted by molar-refractivity contribution is 0.240. The summed E-state index contributed by atoms with van der Waals surface area (Å²) in [4.78, 5) is 0. The third kappa shape index (κ3) is 7.01. The second kappa shape index (κ2) is 8.25. The van der Waals surface area contributed by atoms with Crippen LogP contribution in [0.1, 0.15) is 59.9 Å². The number of hydrogen-bond acceptors (Lipinski definition) is 3. The molecule has 23 heavy (non-hydrogen) atoms. The number of nitrogens with one attached hydrogen (secondary N) is 1. The molecule has 0 heterocycles. The Labute approximate surface area is 146 Å². The summed E-state index contributed by atoms with van der Waals surface area (Å²) in [6, 6.07) is 3.95. The fraction of sp³-hybridized carbons (Fsp3) is 0.684. The van der Waals surface area contributed by atoms with Gasteiger partial charge >= 0.3 is 0 Å². The maximum absolute atomic E-state index is 6.37. The standard InChI is InChI=1S/C19H32ClNO2/c1-8-9-23-17-15(20)10-14(11-16(17)22-7)12-21-19(5,6)13-18(2,3)4/h10-11,21H,8-9,12-13H2,1-7H3. The summed E-state index contributed by atoms with van der Waals surface area (Å²) in [5.74, 6) is 1.32. The van der Waals surface area contributed by atoms with Gasteiger partial charge < -0.3 is 14.8 Å². The molecule has 132 valence electrons. The maximum atomic E-state index is 6.37. The van der Waals surface area contributed by atoms with Crippen LogP contribution in [0.5, 0.6) is 11.5 Å². The van der Waals surface area contributed by atoms with E-state index in [0.29, 0.717) is 23.1 Å². The van der Waals surface area contributed by atoms with Gasteiger partial charge in [0.2, 0.25) is 0 Å². The van der Waals surface area contributed by atoms with Crippen LogP contribution in [0.25, 0.3) is 0 Å². The predicted octanol–water partition coefficient (Wildman–Crippen LogP) is 5.44. The molecule has 0 unspecified atom stereocenters. The van der Waals surface area contributed by atoms with E-state index in [1.165, 1.54) is 0 Å². The summed E-state index contributed by atoms with van der Waals surface area (Å²) >= 11 is 6.37. The maximum Gasteiger partial charge on any atom is 0.179 e. The van der Waals surface area contributed by atoms with Crippen molar-refractivity contribution in [1.29, 1.82) is 0 Å². The SMILES string of the molecule is CCCOc1c(Cl)cc(CNC(C)(C)CC(C)(C)C)cc1OC. The first-order valence-corrected chi connectivity index (χ1v) is 8.70. The number of benzene rings is 1. The molecule has 0 saturated heterocycles. The van der Waals surface area contributed by atoms with Gasteiger partial charge in [0.1, 0.15) is 0 Å². The van der Waals surface area contributed by atoms with E-state index < -0.39 is 0 Å². The van der Waals surface area contributed by atoms with E-state index in [4.69, 9.17) is 21.1 Å². The van der Waals surface area contributed by atoms with Crippen molar-refractivity contribution in [2.75, 3.05) is 13.7 Å². The first-order valence-electron chi connectivity index (χ1n) is 8.32. The average Bonchev–Trinajstić information content (AvgIpc) is 2.41. The molecule has 1 aromatic carbocycles.